The second-order valence-corrected chi connectivity index (χ2v) is 3.96. The van der Waals surface area contributed by atoms with Crippen LogP contribution in [0, 0.1) is 0 Å². The first-order chi connectivity index (χ1) is 8.72. The molecule has 0 fully saturated rings. The molecular weight excluding hydrogens is 228 g/mol. The van der Waals surface area contributed by atoms with Gasteiger partial charge in [0, 0.05) is 12.7 Å². The van der Waals surface area contributed by atoms with Crippen molar-refractivity contribution in [2.75, 3.05) is 12.3 Å². The topological polar surface area (TPSA) is 72.9 Å². The Morgan fingerprint density at radius 2 is 2.17 bits per heavy atom. The molecule has 0 aliphatic heterocycles. The van der Waals surface area contributed by atoms with Gasteiger partial charge in [0.1, 0.15) is 0 Å². The zero-order chi connectivity index (χ0) is 13.0. The highest BCUT2D eigenvalue weighted by atomic mass is 16.1. The van der Waals surface area contributed by atoms with Crippen molar-refractivity contribution in [1.29, 1.82) is 0 Å². The van der Waals surface area contributed by atoms with Gasteiger partial charge in [0.05, 0.1) is 11.4 Å². The molecule has 94 valence electrons. The van der Waals surface area contributed by atoms with Gasteiger partial charge in [-0.1, -0.05) is 19.1 Å². The Kier molecular flexibility index (Phi) is 3.62. The van der Waals surface area contributed by atoms with Crippen LogP contribution in [0.1, 0.15) is 23.8 Å². The molecular formula is C13H16N4O. The molecule has 1 aromatic heterocycles. The number of anilines is 1. The van der Waals surface area contributed by atoms with E-state index in [1.54, 1.807) is 23.0 Å². The minimum atomic E-state index is -0.162. The number of amides is 1. The summed E-state index contributed by atoms with van der Waals surface area (Å²) >= 11 is 0. The molecule has 1 amide bonds. The van der Waals surface area contributed by atoms with E-state index in [4.69, 9.17) is 5.73 Å². The highest BCUT2D eigenvalue weighted by Crippen LogP contribution is 2.15. The quantitative estimate of drug-likeness (QED) is 0.802. The Morgan fingerprint density at radius 3 is 2.89 bits per heavy atom. The number of hydrogen-bond donors (Lipinski definition) is 2. The van der Waals surface area contributed by atoms with Gasteiger partial charge in [-0.3, -0.25) is 4.79 Å². The maximum Gasteiger partial charge on any atom is 0.271 e. The lowest BCUT2D eigenvalue weighted by molar-refractivity contribution is 0.0948. The van der Waals surface area contributed by atoms with Crippen molar-refractivity contribution in [2.24, 2.45) is 0 Å². The summed E-state index contributed by atoms with van der Waals surface area (Å²) in [5.74, 6) is -0.162. The molecule has 5 nitrogen and oxygen atoms in total. The molecule has 0 unspecified atom stereocenters. The molecule has 0 saturated carbocycles. The molecule has 18 heavy (non-hydrogen) atoms. The van der Waals surface area contributed by atoms with Crippen LogP contribution in [0.2, 0.25) is 0 Å². The molecule has 0 atom stereocenters. The fourth-order valence-electron chi connectivity index (χ4n) is 1.60. The van der Waals surface area contributed by atoms with Gasteiger partial charge in [0.25, 0.3) is 5.91 Å². The number of nitrogen functional groups attached to an aromatic ring is 1. The van der Waals surface area contributed by atoms with Gasteiger partial charge in [0.15, 0.2) is 5.69 Å². The molecule has 5 heteroatoms. The van der Waals surface area contributed by atoms with Crippen LogP contribution in [-0.4, -0.2) is 22.2 Å². The fraction of sp³-hybridized carbons (Fsp3) is 0.231. The number of hydrogen-bond acceptors (Lipinski definition) is 3. The van der Waals surface area contributed by atoms with Crippen molar-refractivity contribution in [3.05, 3.63) is 42.2 Å². The highest BCUT2D eigenvalue weighted by Gasteiger charge is 2.10. The Bertz CT molecular complexity index is 547. The molecule has 0 bridgehead atoms. The Labute approximate surface area is 106 Å². The van der Waals surface area contributed by atoms with E-state index in [1.807, 2.05) is 25.1 Å². The van der Waals surface area contributed by atoms with Crippen molar-refractivity contribution in [3.63, 3.8) is 0 Å². The normalized spacial score (nSPS) is 10.3. The third-order valence-corrected chi connectivity index (χ3v) is 2.54. The smallest absolute Gasteiger partial charge is 0.271 e. The number of nitrogens with two attached hydrogens (primary N) is 1. The maximum absolute atomic E-state index is 11.7. The molecule has 2 rings (SSSR count). The largest absolute Gasteiger partial charge is 0.397 e. The van der Waals surface area contributed by atoms with Crippen LogP contribution in [0.25, 0.3) is 5.69 Å². The molecule has 0 aliphatic carbocycles. The number of nitrogens with one attached hydrogen (secondary N) is 1. The number of carbonyl (C=O) groups is 1. The van der Waals surface area contributed by atoms with E-state index in [0.29, 0.717) is 17.9 Å². The molecule has 0 radical (unpaired) electrons. The van der Waals surface area contributed by atoms with E-state index in [0.717, 1.165) is 12.1 Å². The van der Waals surface area contributed by atoms with Gasteiger partial charge >= 0.3 is 0 Å². The summed E-state index contributed by atoms with van der Waals surface area (Å²) in [6.45, 7) is 2.66. The zero-order valence-corrected chi connectivity index (χ0v) is 10.3. The number of nitrogens with zero attached hydrogens (tertiary/aromatic N) is 2. The van der Waals surface area contributed by atoms with Crippen LogP contribution < -0.4 is 11.1 Å². The van der Waals surface area contributed by atoms with Gasteiger partial charge in [-0.2, -0.15) is 5.10 Å². The van der Waals surface area contributed by atoms with E-state index >= 15 is 0 Å². The van der Waals surface area contributed by atoms with Crippen molar-refractivity contribution < 1.29 is 4.79 Å². The Morgan fingerprint density at radius 1 is 1.39 bits per heavy atom. The van der Waals surface area contributed by atoms with E-state index < -0.39 is 0 Å². The summed E-state index contributed by atoms with van der Waals surface area (Å²) in [5, 5.41) is 7.00. The maximum atomic E-state index is 11.7. The number of rotatable bonds is 4. The van der Waals surface area contributed by atoms with Crippen LogP contribution >= 0.6 is 0 Å². The predicted molar refractivity (Wildman–Crippen MR) is 70.6 cm³/mol. The summed E-state index contributed by atoms with van der Waals surface area (Å²) in [7, 11) is 0. The highest BCUT2D eigenvalue weighted by molar-refractivity contribution is 5.92. The summed E-state index contributed by atoms with van der Waals surface area (Å²) in [5.41, 5.74) is 7.65. The van der Waals surface area contributed by atoms with Gasteiger partial charge in [-0.15, -0.1) is 0 Å². The van der Waals surface area contributed by atoms with E-state index in [-0.39, 0.29) is 5.91 Å². The summed E-state index contributed by atoms with van der Waals surface area (Å²) < 4.78 is 1.61. The van der Waals surface area contributed by atoms with Crippen molar-refractivity contribution >= 4 is 11.6 Å². The Hall–Kier alpha value is -2.30. The van der Waals surface area contributed by atoms with Crippen LogP contribution in [0.5, 0.6) is 0 Å². The van der Waals surface area contributed by atoms with E-state index in [9.17, 15) is 4.79 Å². The van der Waals surface area contributed by atoms with Gasteiger partial charge in [-0.05, 0) is 24.6 Å². The standard InChI is InChI=1S/C13H16N4O/c1-2-8-15-13(18)11-7-9-17(16-11)12-6-4-3-5-10(12)14/h3-7,9H,2,8,14H2,1H3,(H,15,18). The number of benzene rings is 1. The zero-order valence-electron chi connectivity index (χ0n) is 10.3. The molecule has 0 spiro atoms. The molecule has 0 saturated heterocycles. The fourth-order valence-corrected chi connectivity index (χ4v) is 1.60. The van der Waals surface area contributed by atoms with Crippen LogP contribution in [0.15, 0.2) is 36.5 Å². The summed E-state index contributed by atoms with van der Waals surface area (Å²) in [6, 6.07) is 9.07. The summed E-state index contributed by atoms with van der Waals surface area (Å²) in [4.78, 5) is 11.7. The predicted octanol–water partition coefficient (Wildman–Crippen LogP) is 1.59. The lowest BCUT2D eigenvalue weighted by Crippen LogP contribution is -2.24. The third-order valence-electron chi connectivity index (χ3n) is 2.54. The van der Waals surface area contributed by atoms with Crippen LogP contribution in [0.3, 0.4) is 0 Å². The monoisotopic (exact) mass is 244 g/mol. The average Bonchev–Trinajstić information content (AvgIpc) is 2.86. The third kappa shape index (κ3) is 2.51. The first-order valence-electron chi connectivity index (χ1n) is 5.91. The molecule has 0 aliphatic rings. The first kappa shape index (κ1) is 12.2. The molecule has 3 N–H and O–H groups in total. The van der Waals surface area contributed by atoms with Crippen molar-refractivity contribution in [1.82, 2.24) is 15.1 Å². The molecule has 1 aromatic carbocycles. The molecule has 1 heterocycles. The molecule has 2 aromatic rings. The van der Waals surface area contributed by atoms with Gasteiger partial charge in [0.2, 0.25) is 0 Å². The minimum absolute atomic E-state index is 0.162. The second-order valence-electron chi connectivity index (χ2n) is 3.96. The summed E-state index contributed by atoms with van der Waals surface area (Å²) in [6.07, 6.45) is 2.63. The van der Waals surface area contributed by atoms with E-state index in [2.05, 4.69) is 10.4 Å². The minimum Gasteiger partial charge on any atom is -0.397 e. The first-order valence-corrected chi connectivity index (χ1v) is 5.91. The lowest BCUT2D eigenvalue weighted by atomic mass is 10.3. The number of para-hydroxylation sites is 2. The van der Waals surface area contributed by atoms with Gasteiger partial charge in [-0.25, -0.2) is 4.68 Å². The van der Waals surface area contributed by atoms with E-state index in [1.165, 1.54) is 0 Å². The Balaban J connectivity index is 2.21. The average molecular weight is 244 g/mol. The second kappa shape index (κ2) is 5.35. The van der Waals surface area contributed by atoms with Crippen LogP contribution in [0.4, 0.5) is 5.69 Å². The van der Waals surface area contributed by atoms with Crippen molar-refractivity contribution in [2.45, 2.75) is 13.3 Å². The number of aromatic nitrogens is 2. The van der Waals surface area contributed by atoms with Gasteiger partial charge < -0.3 is 11.1 Å². The van der Waals surface area contributed by atoms with Crippen molar-refractivity contribution in [3.8, 4) is 5.69 Å². The van der Waals surface area contributed by atoms with Crippen LogP contribution in [-0.2, 0) is 0 Å². The SMILES string of the molecule is CCCNC(=O)c1ccn(-c2ccccc2N)n1. The lowest BCUT2D eigenvalue weighted by Gasteiger charge is -2.04. The number of carbonyl (C=O) groups excluding carboxylic acids is 1.